The first-order chi connectivity index (χ1) is 16.6. The van der Waals surface area contributed by atoms with E-state index in [4.69, 9.17) is 0 Å². The van der Waals surface area contributed by atoms with Crippen LogP contribution in [0.3, 0.4) is 0 Å². The fourth-order valence-corrected chi connectivity index (χ4v) is 5.94. The van der Waals surface area contributed by atoms with Gasteiger partial charge in [-0.3, -0.25) is 19.4 Å². The van der Waals surface area contributed by atoms with Crippen LogP contribution in [0.25, 0.3) is 0 Å². The summed E-state index contributed by atoms with van der Waals surface area (Å²) in [5.74, 6) is -0.0664. The van der Waals surface area contributed by atoms with Crippen LogP contribution in [-0.2, 0) is 14.8 Å². The number of hydrogen-bond donors (Lipinski definition) is 2. The van der Waals surface area contributed by atoms with E-state index in [1.807, 2.05) is 32.0 Å². The largest absolute Gasteiger partial charge is 0.335 e. The number of sulfonamides is 1. The fraction of sp³-hybridized carbons (Fsp3) is 0.423. The van der Waals surface area contributed by atoms with Gasteiger partial charge in [0.05, 0.1) is 11.0 Å². The molecule has 0 aliphatic carbocycles. The second-order valence-electron chi connectivity index (χ2n) is 9.72. The molecule has 8 nitrogen and oxygen atoms in total. The maximum Gasteiger partial charge on any atom is 0.263 e. The summed E-state index contributed by atoms with van der Waals surface area (Å²) >= 11 is 0. The second-order valence-corrected chi connectivity index (χ2v) is 11.4. The lowest BCUT2D eigenvalue weighted by Gasteiger charge is -2.28. The Bertz CT molecular complexity index is 1270. The van der Waals surface area contributed by atoms with Gasteiger partial charge in [0.15, 0.2) is 0 Å². The highest BCUT2D eigenvalue weighted by atomic mass is 32.2. The average molecular weight is 494 g/mol. The van der Waals surface area contributed by atoms with Gasteiger partial charge in [0, 0.05) is 24.7 Å². The van der Waals surface area contributed by atoms with E-state index < -0.39 is 21.6 Å². The standard InChI is InChI=1S/C26H31N5O3S/c1-18(2)15-22(28-24-21-11-7-8-12-23(21)35(33,34)30-24)25(32)29-26(16-27)13-14-31(17-26)19(3)20-9-5-4-6-10-20/h4-12,18-19,22H,13-15,17H2,1-3H3,(H,28,30)(H,29,32). The van der Waals surface area contributed by atoms with E-state index in [0.29, 0.717) is 31.5 Å². The highest BCUT2D eigenvalue weighted by Gasteiger charge is 2.43. The molecule has 0 radical (unpaired) electrons. The third-order valence-corrected chi connectivity index (χ3v) is 8.05. The summed E-state index contributed by atoms with van der Waals surface area (Å²) in [7, 11) is -3.71. The van der Waals surface area contributed by atoms with Crippen LogP contribution in [0.15, 0.2) is 64.5 Å². The predicted octanol–water partition coefficient (Wildman–Crippen LogP) is 2.99. The average Bonchev–Trinajstić information content (AvgIpc) is 3.37. The van der Waals surface area contributed by atoms with Gasteiger partial charge >= 0.3 is 0 Å². The van der Waals surface area contributed by atoms with Crippen molar-refractivity contribution >= 4 is 21.8 Å². The first-order valence-electron chi connectivity index (χ1n) is 11.9. The number of fused-ring (bicyclic) bond motifs is 1. The van der Waals surface area contributed by atoms with Crippen LogP contribution < -0.4 is 10.0 Å². The van der Waals surface area contributed by atoms with Gasteiger partial charge in [-0.15, -0.1) is 0 Å². The Morgan fingerprint density at radius 3 is 2.54 bits per heavy atom. The zero-order valence-electron chi connectivity index (χ0n) is 20.2. The Hall–Kier alpha value is -3.22. The molecule has 0 bridgehead atoms. The zero-order valence-corrected chi connectivity index (χ0v) is 21.0. The predicted molar refractivity (Wildman–Crippen MR) is 134 cm³/mol. The molecular weight excluding hydrogens is 462 g/mol. The Balaban J connectivity index is 1.55. The molecule has 184 valence electrons. The van der Waals surface area contributed by atoms with Crippen molar-refractivity contribution in [3.8, 4) is 6.07 Å². The van der Waals surface area contributed by atoms with Crippen LogP contribution >= 0.6 is 0 Å². The van der Waals surface area contributed by atoms with Gasteiger partial charge in [0.1, 0.15) is 17.4 Å². The zero-order chi connectivity index (χ0) is 25.2. The first-order valence-corrected chi connectivity index (χ1v) is 13.3. The van der Waals surface area contributed by atoms with Crippen LogP contribution in [0.2, 0.25) is 0 Å². The third-order valence-electron chi connectivity index (χ3n) is 6.65. The summed E-state index contributed by atoms with van der Waals surface area (Å²) in [6.45, 7) is 7.15. The highest BCUT2D eigenvalue weighted by molar-refractivity contribution is 7.90. The van der Waals surface area contributed by atoms with Crippen LogP contribution in [0, 0.1) is 17.2 Å². The van der Waals surface area contributed by atoms with Crippen molar-refractivity contribution in [2.24, 2.45) is 10.9 Å². The molecular formula is C26H31N5O3S. The van der Waals surface area contributed by atoms with Crippen LogP contribution in [-0.4, -0.2) is 49.7 Å². The number of amidine groups is 1. The number of rotatable bonds is 7. The number of hydrogen-bond acceptors (Lipinski definition) is 6. The van der Waals surface area contributed by atoms with Crippen molar-refractivity contribution in [3.63, 3.8) is 0 Å². The number of nitriles is 1. The fourth-order valence-electron chi connectivity index (χ4n) is 4.70. The lowest BCUT2D eigenvalue weighted by atomic mass is 9.97. The molecule has 1 amide bonds. The molecule has 3 atom stereocenters. The molecule has 2 aliphatic rings. The van der Waals surface area contributed by atoms with E-state index in [2.05, 4.69) is 45.1 Å². The summed E-state index contributed by atoms with van der Waals surface area (Å²) in [6, 6.07) is 18.3. The smallest absolute Gasteiger partial charge is 0.263 e. The summed E-state index contributed by atoms with van der Waals surface area (Å²) in [6.07, 6.45) is 0.928. The summed E-state index contributed by atoms with van der Waals surface area (Å²) in [4.78, 5) is 20.3. The van der Waals surface area contributed by atoms with Crippen molar-refractivity contribution in [2.75, 3.05) is 13.1 Å². The SMILES string of the molecule is CC(C)CC(N=C1NS(=O)(=O)c2ccccc21)C(=O)NC1(C#N)CCN(C(C)c2ccccc2)C1. The molecule has 2 heterocycles. The Labute approximate surface area is 207 Å². The van der Waals surface area contributed by atoms with Gasteiger partial charge in [0.25, 0.3) is 10.0 Å². The topological polar surface area (TPSA) is 115 Å². The Kier molecular flexibility index (Phi) is 6.97. The molecule has 0 saturated carbocycles. The number of likely N-dealkylation sites (tertiary alicyclic amines) is 1. The number of nitrogens with one attached hydrogen (secondary N) is 2. The molecule has 2 aromatic rings. The molecule has 9 heteroatoms. The maximum atomic E-state index is 13.4. The molecule has 3 unspecified atom stereocenters. The van der Waals surface area contributed by atoms with Gasteiger partial charge < -0.3 is 5.32 Å². The summed E-state index contributed by atoms with van der Waals surface area (Å²) < 4.78 is 27.5. The molecule has 35 heavy (non-hydrogen) atoms. The van der Waals surface area contributed by atoms with Crippen molar-refractivity contribution in [1.29, 1.82) is 5.26 Å². The number of benzene rings is 2. The summed E-state index contributed by atoms with van der Waals surface area (Å²) in [5, 5.41) is 13.0. The third kappa shape index (κ3) is 5.24. The molecule has 2 aromatic carbocycles. The lowest BCUT2D eigenvalue weighted by molar-refractivity contribution is -0.123. The number of nitrogens with zero attached hydrogens (tertiary/aromatic N) is 3. The first kappa shape index (κ1) is 24.9. The number of amides is 1. The van der Waals surface area contributed by atoms with Crippen molar-refractivity contribution in [1.82, 2.24) is 14.9 Å². The van der Waals surface area contributed by atoms with E-state index in [1.165, 1.54) is 6.07 Å². The van der Waals surface area contributed by atoms with E-state index in [1.54, 1.807) is 18.2 Å². The molecule has 2 aliphatic heterocycles. The Morgan fingerprint density at radius 2 is 1.86 bits per heavy atom. The molecule has 1 fully saturated rings. The molecule has 0 aromatic heterocycles. The van der Waals surface area contributed by atoms with E-state index in [0.717, 1.165) is 5.56 Å². The van der Waals surface area contributed by atoms with E-state index >= 15 is 0 Å². The summed E-state index contributed by atoms with van der Waals surface area (Å²) in [5.41, 5.74) is 0.583. The highest BCUT2D eigenvalue weighted by Crippen LogP contribution is 2.30. The minimum absolute atomic E-state index is 0.111. The van der Waals surface area contributed by atoms with Crippen molar-refractivity contribution in [3.05, 3.63) is 65.7 Å². The van der Waals surface area contributed by atoms with Crippen molar-refractivity contribution < 1.29 is 13.2 Å². The van der Waals surface area contributed by atoms with Crippen LogP contribution in [0.1, 0.15) is 50.8 Å². The monoisotopic (exact) mass is 493 g/mol. The Morgan fingerprint density at radius 1 is 1.17 bits per heavy atom. The van der Waals surface area contributed by atoms with Gasteiger partial charge in [-0.05, 0) is 43.4 Å². The minimum atomic E-state index is -3.71. The normalized spacial score (nSPS) is 23.9. The van der Waals surface area contributed by atoms with Gasteiger partial charge in [-0.2, -0.15) is 5.26 Å². The maximum absolute atomic E-state index is 13.4. The van der Waals surface area contributed by atoms with Crippen LogP contribution in [0.5, 0.6) is 0 Å². The number of carbonyl (C=O) groups excluding carboxylic acids is 1. The minimum Gasteiger partial charge on any atom is -0.335 e. The second kappa shape index (κ2) is 9.80. The molecule has 2 N–H and O–H groups in total. The van der Waals surface area contributed by atoms with Crippen molar-refractivity contribution in [2.45, 2.75) is 56.1 Å². The van der Waals surface area contributed by atoms with Gasteiger partial charge in [0.2, 0.25) is 5.91 Å². The quantitative estimate of drug-likeness (QED) is 0.615. The lowest BCUT2D eigenvalue weighted by Crippen LogP contribution is -2.52. The molecule has 1 saturated heterocycles. The number of carbonyl (C=O) groups is 1. The van der Waals surface area contributed by atoms with Crippen LogP contribution in [0.4, 0.5) is 0 Å². The van der Waals surface area contributed by atoms with E-state index in [9.17, 15) is 18.5 Å². The van der Waals surface area contributed by atoms with Gasteiger partial charge in [-0.25, -0.2) is 8.42 Å². The van der Waals surface area contributed by atoms with Gasteiger partial charge in [-0.1, -0.05) is 56.3 Å². The molecule has 4 rings (SSSR count). The number of aliphatic imine (C=N–C) groups is 1. The molecule has 0 spiro atoms. The van der Waals surface area contributed by atoms with E-state index in [-0.39, 0.29) is 28.6 Å².